The van der Waals surface area contributed by atoms with Crippen LogP contribution in [-0.2, 0) is 11.8 Å². The molecule has 7 nitrogen and oxygen atoms in total. The van der Waals surface area contributed by atoms with Gasteiger partial charge in [0.25, 0.3) is 5.91 Å². The van der Waals surface area contributed by atoms with Crippen molar-refractivity contribution in [3.63, 3.8) is 0 Å². The van der Waals surface area contributed by atoms with Gasteiger partial charge in [0.05, 0.1) is 12.8 Å². The normalized spacial score (nSPS) is 10.3. The summed E-state index contributed by atoms with van der Waals surface area (Å²) < 4.78 is 6.22. The molecule has 100 valence electrons. The molecule has 2 aromatic rings. The average molecular weight is 280 g/mol. The van der Waals surface area contributed by atoms with Crippen molar-refractivity contribution < 1.29 is 14.3 Å². The summed E-state index contributed by atoms with van der Waals surface area (Å²) in [6.07, 6.45) is 3.20. The van der Waals surface area contributed by atoms with E-state index < -0.39 is 5.97 Å². The molecule has 0 aliphatic carbocycles. The molecule has 1 amide bonds. The number of imidazole rings is 1. The fraction of sp³-hybridized carbons (Fsp3) is 0.273. The van der Waals surface area contributed by atoms with Gasteiger partial charge in [-0.15, -0.1) is 0 Å². The van der Waals surface area contributed by atoms with Crippen molar-refractivity contribution in [1.29, 1.82) is 0 Å². The Kier molecular flexibility index (Phi) is 3.61. The number of rotatable bonds is 3. The number of anilines is 1. The van der Waals surface area contributed by atoms with E-state index in [0.29, 0.717) is 15.7 Å². The lowest BCUT2D eigenvalue weighted by Gasteiger charge is -2.00. The van der Waals surface area contributed by atoms with Crippen molar-refractivity contribution in [3.8, 4) is 0 Å². The first-order chi connectivity index (χ1) is 9.02. The monoisotopic (exact) mass is 280 g/mol. The van der Waals surface area contributed by atoms with Gasteiger partial charge in [0.15, 0.2) is 11.0 Å². The van der Waals surface area contributed by atoms with Crippen molar-refractivity contribution >= 4 is 28.3 Å². The molecule has 0 spiro atoms. The molecule has 19 heavy (non-hydrogen) atoms. The van der Waals surface area contributed by atoms with Crippen LogP contribution in [-0.4, -0.2) is 33.5 Å². The number of thiazole rings is 1. The van der Waals surface area contributed by atoms with Gasteiger partial charge in [-0.25, -0.2) is 14.8 Å². The van der Waals surface area contributed by atoms with Crippen LogP contribution in [0.3, 0.4) is 0 Å². The van der Waals surface area contributed by atoms with Gasteiger partial charge in [-0.05, 0) is 6.92 Å². The molecule has 2 rings (SSSR count). The van der Waals surface area contributed by atoms with Gasteiger partial charge in [-0.3, -0.25) is 10.1 Å². The Morgan fingerprint density at radius 1 is 1.47 bits per heavy atom. The summed E-state index contributed by atoms with van der Waals surface area (Å²) in [5.74, 6) is -0.572. The molecule has 0 radical (unpaired) electrons. The van der Waals surface area contributed by atoms with Gasteiger partial charge in [-0.2, -0.15) is 0 Å². The number of methoxy groups -OCH3 is 1. The molecule has 0 saturated carbocycles. The fourth-order valence-electron chi connectivity index (χ4n) is 1.47. The first kappa shape index (κ1) is 13.2. The van der Waals surface area contributed by atoms with Crippen molar-refractivity contribution in [2.24, 2.45) is 7.05 Å². The van der Waals surface area contributed by atoms with Gasteiger partial charge >= 0.3 is 5.97 Å². The SMILES string of the molecule is COC(=O)c1sc(NC(=O)c2nccn2C)nc1C. The van der Waals surface area contributed by atoms with E-state index >= 15 is 0 Å². The predicted octanol–water partition coefficient (Wildman–Crippen LogP) is 1.22. The van der Waals surface area contributed by atoms with E-state index in [0.717, 1.165) is 11.3 Å². The molecule has 0 atom stereocenters. The molecule has 0 aliphatic rings. The zero-order chi connectivity index (χ0) is 14.0. The summed E-state index contributed by atoms with van der Waals surface area (Å²) in [5.41, 5.74) is 0.520. The summed E-state index contributed by atoms with van der Waals surface area (Å²) >= 11 is 1.07. The van der Waals surface area contributed by atoms with Crippen LogP contribution in [0.2, 0.25) is 0 Å². The van der Waals surface area contributed by atoms with Crippen LogP contribution in [0.5, 0.6) is 0 Å². The van der Waals surface area contributed by atoms with Crippen molar-refractivity contribution in [2.45, 2.75) is 6.92 Å². The largest absolute Gasteiger partial charge is 0.465 e. The second-order valence-corrected chi connectivity index (χ2v) is 4.74. The molecule has 0 aliphatic heterocycles. The second kappa shape index (κ2) is 5.19. The molecule has 0 bridgehead atoms. The summed E-state index contributed by atoms with van der Waals surface area (Å²) in [4.78, 5) is 31.8. The lowest BCUT2D eigenvalue weighted by atomic mass is 10.4. The van der Waals surface area contributed by atoms with E-state index in [1.165, 1.54) is 13.3 Å². The number of esters is 1. The highest BCUT2D eigenvalue weighted by Gasteiger charge is 2.18. The molecular weight excluding hydrogens is 268 g/mol. The highest BCUT2D eigenvalue weighted by molar-refractivity contribution is 7.17. The van der Waals surface area contributed by atoms with Crippen LogP contribution in [0, 0.1) is 6.92 Å². The van der Waals surface area contributed by atoms with Crippen molar-refractivity contribution in [1.82, 2.24) is 14.5 Å². The van der Waals surface area contributed by atoms with Crippen LogP contribution in [0.25, 0.3) is 0 Å². The number of nitrogens with one attached hydrogen (secondary N) is 1. The molecule has 8 heteroatoms. The van der Waals surface area contributed by atoms with E-state index in [1.54, 1.807) is 24.7 Å². The summed E-state index contributed by atoms with van der Waals surface area (Å²) in [7, 11) is 3.02. The molecule has 2 heterocycles. The average Bonchev–Trinajstić information content (AvgIpc) is 2.94. The number of aromatic nitrogens is 3. The van der Waals surface area contributed by atoms with E-state index in [1.807, 2.05) is 0 Å². The molecule has 0 fully saturated rings. The number of ether oxygens (including phenoxy) is 1. The minimum Gasteiger partial charge on any atom is -0.465 e. The summed E-state index contributed by atoms with van der Waals surface area (Å²) in [6, 6.07) is 0. The van der Waals surface area contributed by atoms with Gasteiger partial charge < -0.3 is 9.30 Å². The Labute approximate surface area is 113 Å². The Balaban J connectivity index is 2.19. The number of nitrogens with zero attached hydrogens (tertiary/aromatic N) is 3. The van der Waals surface area contributed by atoms with Crippen LogP contribution < -0.4 is 5.32 Å². The number of hydrogen-bond acceptors (Lipinski definition) is 6. The highest BCUT2D eigenvalue weighted by Crippen LogP contribution is 2.23. The number of carbonyl (C=O) groups excluding carboxylic acids is 2. The molecular formula is C11H12N4O3S. The molecule has 0 saturated heterocycles. The van der Waals surface area contributed by atoms with Crippen LogP contribution >= 0.6 is 11.3 Å². The standard InChI is InChI=1S/C11H12N4O3S/c1-6-7(10(17)18-3)19-11(13-6)14-9(16)8-12-4-5-15(8)2/h4-5H,1-3H3,(H,13,14,16). The third-order valence-electron chi connectivity index (χ3n) is 2.41. The Hall–Kier alpha value is -2.22. The zero-order valence-corrected chi connectivity index (χ0v) is 11.4. The fourth-order valence-corrected chi connectivity index (χ4v) is 2.35. The third-order valence-corrected chi connectivity index (χ3v) is 3.47. The number of aryl methyl sites for hydroxylation is 2. The van der Waals surface area contributed by atoms with Gasteiger partial charge in [0.2, 0.25) is 0 Å². The summed E-state index contributed by atoms with van der Waals surface area (Å²) in [5, 5.41) is 2.94. The quantitative estimate of drug-likeness (QED) is 0.854. The minimum absolute atomic E-state index is 0.271. The molecule has 0 aromatic carbocycles. The number of amides is 1. The van der Waals surface area contributed by atoms with E-state index in [9.17, 15) is 9.59 Å². The Morgan fingerprint density at radius 2 is 2.21 bits per heavy atom. The Morgan fingerprint density at radius 3 is 2.79 bits per heavy atom. The lowest BCUT2D eigenvalue weighted by molar-refractivity contribution is 0.0605. The third kappa shape index (κ3) is 2.63. The van der Waals surface area contributed by atoms with Gasteiger partial charge in [0.1, 0.15) is 4.88 Å². The van der Waals surface area contributed by atoms with E-state index in [-0.39, 0.29) is 11.7 Å². The molecule has 0 unspecified atom stereocenters. The number of hydrogen-bond donors (Lipinski definition) is 1. The van der Waals surface area contributed by atoms with Gasteiger partial charge in [0, 0.05) is 19.4 Å². The van der Waals surface area contributed by atoms with Crippen LogP contribution in [0.1, 0.15) is 26.0 Å². The van der Waals surface area contributed by atoms with Crippen molar-refractivity contribution in [3.05, 3.63) is 28.8 Å². The maximum atomic E-state index is 11.9. The first-order valence-electron chi connectivity index (χ1n) is 5.37. The van der Waals surface area contributed by atoms with E-state index in [2.05, 4.69) is 20.0 Å². The van der Waals surface area contributed by atoms with E-state index in [4.69, 9.17) is 0 Å². The maximum Gasteiger partial charge on any atom is 0.350 e. The Bertz CT molecular complexity index is 632. The lowest BCUT2D eigenvalue weighted by Crippen LogP contribution is -2.16. The molecule has 2 aromatic heterocycles. The number of carbonyl (C=O) groups is 2. The zero-order valence-electron chi connectivity index (χ0n) is 10.6. The van der Waals surface area contributed by atoms with Crippen LogP contribution in [0.4, 0.5) is 5.13 Å². The maximum absolute atomic E-state index is 11.9. The van der Waals surface area contributed by atoms with Crippen molar-refractivity contribution in [2.75, 3.05) is 12.4 Å². The predicted molar refractivity (Wildman–Crippen MR) is 69.4 cm³/mol. The second-order valence-electron chi connectivity index (χ2n) is 3.74. The minimum atomic E-state index is -0.465. The van der Waals surface area contributed by atoms with Crippen LogP contribution in [0.15, 0.2) is 12.4 Å². The highest BCUT2D eigenvalue weighted by atomic mass is 32.1. The smallest absolute Gasteiger partial charge is 0.350 e. The summed E-state index contributed by atoms with van der Waals surface area (Å²) in [6.45, 7) is 1.68. The molecule has 1 N–H and O–H groups in total. The first-order valence-corrected chi connectivity index (χ1v) is 6.19. The van der Waals surface area contributed by atoms with Gasteiger partial charge in [-0.1, -0.05) is 11.3 Å². The topological polar surface area (TPSA) is 86.1 Å².